The van der Waals surface area contributed by atoms with Crippen LogP contribution in [0.15, 0.2) is 17.5 Å². The van der Waals surface area contributed by atoms with Crippen molar-refractivity contribution in [3.05, 3.63) is 22.4 Å². The third-order valence-corrected chi connectivity index (χ3v) is 4.41. The normalized spacial score (nSPS) is 22.4. The van der Waals surface area contributed by atoms with Crippen molar-refractivity contribution in [2.24, 2.45) is 0 Å². The molecule has 0 aliphatic carbocycles. The molecule has 0 atom stereocenters. The molecule has 0 saturated carbocycles. The number of nitrogens with zero attached hydrogens (tertiary/aromatic N) is 1. The van der Waals surface area contributed by atoms with Crippen molar-refractivity contribution < 1.29 is 5.11 Å². The maximum atomic E-state index is 9.59. The van der Waals surface area contributed by atoms with E-state index in [1.807, 2.05) is 0 Å². The molecule has 0 bridgehead atoms. The molecule has 1 N–H and O–H groups in total. The first-order valence-electron chi connectivity index (χ1n) is 5.10. The van der Waals surface area contributed by atoms with Gasteiger partial charge in [-0.25, -0.2) is 0 Å². The first-order valence-corrected chi connectivity index (χ1v) is 5.98. The molecule has 2 rings (SSSR count). The van der Waals surface area contributed by atoms with Crippen LogP contribution in [-0.2, 0) is 5.41 Å². The summed E-state index contributed by atoms with van der Waals surface area (Å²) in [4.78, 5) is 3.69. The van der Waals surface area contributed by atoms with Gasteiger partial charge < -0.3 is 10.0 Å². The molecule has 14 heavy (non-hydrogen) atoms. The fourth-order valence-corrected chi connectivity index (χ4v) is 3.09. The Kier molecular flexibility index (Phi) is 2.91. The lowest BCUT2D eigenvalue weighted by Gasteiger charge is -2.38. The van der Waals surface area contributed by atoms with Gasteiger partial charge in [0.2, 0.25) is 0 Å². The topological polar surface area (TPSA) is 23.5 Å². The molecule has 1 aliphatic heterocycles. The van der Waals surface area contributed by atoms with E-state index in [1.54, 1.807) is 11.3 Å². The standard InChI is InChI=1S/C11H17NOS/c1-12-6-4-11(9-13,5-7-12)10-3-2-8-14-10/h2-3,8,13H,4-7,9H2,1H3. The van der Waals surface area contributed by atoms with Gasteiger partial charge in [-0.1, -0.05) is 6.07 Å². The summed E-state index contributed by atoms with van der Waals surface area (Å²) < 4.78 is 0. The summed E-state index contributed by atoms with van der Waals surface area (Å²) >= 11 is 1.78. The minimum atomic E-state index is 0.0562. The molecule has 3 heteroatoms. The van der Waals surface area contributed by atoms with Crippen LogP contribution in [0.2, 0.25) is 0 Å². The second kappa shape index (κ2) is 4.01. The molecule has 0 aromatic carbocycles. The van der Waals surface area contributed by atoms with Gasteiger partial charge in [0.15, 0.2) is 0 Å². The van der Waals surface area contributed by atoms with Crippen LogP contribution in [-0.4, -0.2) is 36.8 Å². The van der Waals surface area contributed by atoms with Crippen molar-refractivity contribution in [1.82, 2.24) is 4.90 Å². The average molecular weight is 211 g/mol. The lowest BCUT2D eigenvalue weighted by atomic mass is 9.78. The van der Waals surface area contributed by atoms with Crippen LogP contribution in [0.4, 0.5) is 0 Å². The van der Waals surface area contributed by atoms with Crippen LogP contribution in [0.1, 0.15) is 17.7 Å². The van der Waals surface area contributed by atoms with Crippen LogP contribution in [0.5, 0.6) is 0 Å². The van der Waals surface area contributed by atoms with Crippen molar-refractivity contribution >= 4 is 11.3 Å². The molecule has 1 saturated heterocycles. The Balaban J connectivity index is 2.19. The van der Waals surface area contributed by atoms with Gasteiger partial charge in [-0.05, 0) is 44.4 Å². The monoisotopic (exact) mass is 211 g/mol. The molecular formula is C11H17NOS. The van der Waals surface area contributed by atoms with Crippen molar-refractivity contribution in [2.45, 2.75) is 18.3 Å². The highest BCUT2D eigenvalue weighted by Gasteiger charge is 2.35. The average Bonchev–Trinajstić information content (AvgIpc) is 2.73. The Labute approximate surface area is 89.2 Å². The third kappa shape index (κ3) is 1.72. The SMILES string of the molecule is CN1CCC(CO)(c2cccs2)CC1. The van der Waals surface area contributed by atoms with E-state index in [2.05, 4.69) is 29.5 Å². The van der Waals surface area contributed by atoms with Gasteiger partial charge in [-0.2, -0.15) is 0 Å². The smallest absolute Gasteiger partial charge is 0.0536 e. The zero-order valence-electron chi connectivity index (χ0n) is 8.57. The minimum absolute atomic E-state index is 0.0562. The summed E-state index contributed by atoms with van der Waals surface area (Å²) in [5.41, 5.74) is 0.0562. The maximum absolute atomic E-state index is 9.59. The number of aliphatic hydroxyl groups is 1. The van der Waals surface area contributed by atoms with Crippen molar-refractivity contribution in [1.29, 1.82) is 0 Å². The van der Waals surface area contributed by atoms with Crippen LogP contribution in [0.25, 0.3) is 0 Å². The number of hydrogen-bond donors (Lipinski definition) is 1. The van der Waals surface area contributed by atoms with E-state index in [0.717, 1.165) is 25.9 Å². The quantitative estimate of drug-likeness (QED) is 0.805. The van der Waals surface area contributed by atoms with Gasteiger partial charge in [0.25, 0.3) is 0 Å². The van der Waals surface area contributed by atoms with Crippen LogP contribution in [0.3, 0.4) is 0 Å². The first-order chi connectivity index (χ1) is 6.77. The van der Waals surface area contributed by atoms with Gasteiger partial charge in [-0.15, -0.1) is 11.3 Å². The van der Waals surface area contributed by atoms with Gasteiger partial charge in [0.05, 0.1) is 6.61 Å². The number of likely N-dealkylation sites (tertiary alicyclic amines) is 1. The Morgan fingerprint density at radius 2 is 2.21 bits per heavy atom. The molecule has 2 nitrogen and oxygen atoms in total. The molecular weight excluding hydrogens is 194 g/mol. The fourth-order valence-electron chi connectivity index (χ4n) is 2.11. The van der Waals surface area contributed by atoms with Crippen LogP contribution >= 0.6 is 11.3 Å². The van der Waals surface area contributed by atoms with Gasteiger partial charge in [0.1, 0.15) is 0 Å². The van der Waals surface area contributed by atoms with E-state index in [0.29, 0.717) is 6.61 Å². The number of aliphatic hydroxyl groups excluding tert-OH is 1. The Morgan fingerprint density at radius 3 is 2.71 bits per heavy atom. The predicted octanol–water partition coefficient (Wildman–Crippen LogP) is 1.70. The van der Waals surface area contributed by atoms with E-state index in [9.17, 15) is 5.11 Å². The summed E-state index contributed by atoms with van der Waals surface area (Å²) in [7, 11) is 2.15. The van der Waals surface area contributed by atoms with E-state index in [-0.39, 0.29) is 5.41 Å². The van der Waals surface area contributed by atoms with E-state index < -0.39 is 0 Å². The molecule has 1 aromatic heterocycles. The van der Waals surface area contributed by atoms with Gasteiger partial charge >= 0.3 is 0 Å². The Morgan fingerprint density at radius 1 is 1.50 bits per heavy atom. The van der Waals surface area contributed by atoms with E-state index in [4.69, 9.17) is 0 Å². The highest BCUT2D eigenvalue weighted by Crippen LogP contribution is 2.37. The molecule has 1 aliphatic rings. The minimum Gasteiger partial charge on any atom is -0.395 e. The molecule has 1 fully saturated rings. The lowest BCUT2D eigenvalue weighted by Crippen LogP contribution is -2.42. The summed E-state index contributed by atoms with van der Waals surface area (Å²) in [5, 5.41) is 11.7. The van der Waals surface area contributed by atoms with Crippen LogP contribution in [0, 0.1) is 0 Å². The van der Waals surface area contributed by atoms with E-state index >= 15 is 0 Å². The maximum Gasteiger partial charge on any atom is 0.0536 e. The Hall–Kier alpha value is -0.380. The lowest BCUT2D eigenvalue weighted by molar-refractivity contribution is 0.117. The summed E-state index contributed by atoms with van der Waals surface area (Å²) in [6, 6.07) is 4.24. The second-order valence-electron chi connectivity index (χ2n) is 4.22. The highest BCUT2D eigenvalue weighted by atomic mass is 32.1. The van der Waals surface area contributed by atoms with E-state index in [1.165, 1.54) is 4.88 Å². The second-order valence-corrected chi connectivity index (χ2v) is 5.17. The molecule has 2 heterocycles. The number of thiophene rings is 1. The summed E-state index contributed by atoms with van der Waals surface area (Å²) in [6.45, 7) is 2.48. The zero-order valence-corrected chi connectivity index (χ0v) is 9.39. The van der Waals surface area contributed by atoms with Crippen molar-refractivity contribution in [3.63, 3.8) is 0 Å². The van der Waals surface area contributed by atoms with Crippen LogP contribution < -0.4 is 0 Å². The fraction of sp³-hybridized carbons (Fsp3) is 0.636. The largest absolute Gasteiger partial charge is 0.395 e. The third-order valence-electron chi connectivity index (χ3n) is 3.29. The highest BCUT2D eigenvalue weighted by molar-refractivity contribution is 7.10. The molecule has 0 spiro atoms. The number of piperidine rings is 1. The molecule has 78 valence electrons. The first kappa shape index (κ1) is 10.1. The zero-order chi connectivity index (χ0) is 10.0. The van der Waals surface area contributed by atoms with Gasteiger partial charge in [0, 0.05) is 10.3 Å². The summed E-state index contributed by atoms with van der Waals surface area (Å²) in [6.07, 6.45) is 2.17. The molecule has 0 amide bonds. The number of hydrogen-bond acceptors (Lipinski definition) is 3. The molecule has 0 radical (unpaired) electrons. The predicted molar refractivity (Wildman–Crippen MR) is 59.8 cm³/mol. The molecule has 0 unspecified atom stereocenters. The van der Waals surface area contributed by atoms with Crippen molar-refractivity contribution in [3.8, 4) is 0 Å². The number of rotatable bonds is 2. The van der Waals surface area contributed by atoms with Crippen molar-refractivity contribution in [2.75, 3.05) is 26.7 Å². The van der Waals surface area contributed by atoms with Gasteiger partial charge in [-0.3, -0.25) is 0 Å². The molecule has 1 aromatic rings. The Bertz CT molecular complexity index is 275. The summed E-state index contributed by atoms with van der Waals surface area (Å²) in [5.74, 6) is 0.